The molecule has 0 aliphatic heterocycles. The SMILES string of the molecule is COC(=O)c1cccc(-c2ccc3ccnc(N)c3c2)c1. The molecule has 21 heavy (non-hydrogen) atoms. The zero-order chi connectivity index (χ0) is 14.8. The molecule has 0 fully saturated rings. The number of aromatic nitrogens is 1. The number of hydrogen-bond donors (Lipinski definition) is 1. The van der Waals surface area contributed by atoms with Crippen molar-refractivity contribution in [3.63, 3.8) is 0 Å². The molecule has 0 aliphatic carbocycles. The number of anilines is 1. The van der Waals surface area contributed by atoms with Crippen molar-refractivity contribution in [1.29, 1.82) is 0 Å². The van der Waals surface area contributed by atoms with Crippen LogP contribution in [0.1, 0.15) is 10.4 Å². The number of hydrogen-bond acceptors (Lipinski definition) is 4. The van der Waals surface area contributed by atoms with Gasteiger partial charge in [-0.05, 0) is 40.8 Å². The molecule has 104 valence electrons. The van der Waals surface area contributed by atoms with E-state index in [0.717, 1.165) is 21.9 Å². The van der Waals surface area contributed by atoms with Crippen molar-refractivity contribution in [2.45, 2.75) is 0 Å². The first-order chi connectivity index (χ1) is 10.2. The Morgan fingerprint density at radius 3 is 2.71 bits per heavy atom. The van der Waals surface area contributed by atoms with Gasteiger partial charge in [0.15, 0.2) is 0 Å². The van der Waals surface area contributed by atoms with Gasteiger partial charge in [0.2, 0.25) is 0 Å². The molecule has 0 atom stereocenters. The Hall–Kier alpha value is -2.88. The highest BCUT2D eigenvalue weighted by Gasteiger charge is 2.08. The monoisotopic (exact) mass is 278 g/mol. The Bertz CT molecular complexity index is 828. The predicted molar refractivity (Wildman–Crippen MR) is 82.9 cm³/mol. The topological polar surface area (TPSA) is 65.2 Å². The Morgan fingerprint density at radius 2 is 1.90 bits per heavy atom. The Labute approximate surface area is 122 Å². The van der Waals surface area contributed by atoms with Crippen LogP contribution in [0.4, 0.5) is 5.82 Å². The molecule has 2 N–H and O–H groups in total. The molecular formula is C17H14N2O2. The van der Waals surface area contributed by atoms with Crippen molar-refractivity contribution in [2.24, 2.45) is 0 Å². The van der Waals surface area contributed by atoms with Crippen LogP contribution in [0.5, 0.6) is 0 Å². The van der Waals surface area contributed by atoms with Gasteiger partial charge in [0.1, 0.15) is 5.82 Å². The quantitative estimate of drug-likeness (QED) is 0.731. The molecule has 0 bridgehead atoms. The number of rotatable bonds is 2. The number of esters is 1. The molecule has 0 saturated heterocycles. The second-order valence-electron chi connectivity index (χ2n) is 4.70. The van der Waals surface area contributed by atoms with E-state index in [4.69, 9.17) is 10.5 Å². The fourth-order valence-electron chi connectivity index (χ4n) is 2.31. The van der Waals surface area contributed by atoms with Gasteiger partial charge in [-0.25, -0.2) is 9.78 Å². The van der Waals surface area contributed by atoms with E-state index in [-0.39, 0.29) is 5.97 Å². The Morgan fingerprint density at radius 1 is 1.10 bits per heavy atom. The van der Waals surface area contributed by atoms with Crippen LogP contribution >= 0.6 is 0 Å². The van der Waals surface area contributed by atoms with Gasteiger partial charge in [0, 0.05) is 11.6 Å². The van der Waals surface area contributed by atoms with E-state index >= 15 is 0 Å². The van der Waals surface area contributed by atoms with Crippen molar-refractivity contribution >= 4 is 22.6 Å². The fourth-order valence-corrected chi connectivity index (χ4v) is 2.31. The number of benzene rings is 2. The highest BCUT2D eigenvalue weighted by molar-refractivity contribution is 5.95. The lowest BCUT2D eigenvalue weighted by Gasteiger charge is -2.07. The minimum atomic E-state index is -0.348. The van der Waals surface area contributed by atoms with Gasteiger partial charge in [0.25, 0.3) is 0 Å². The molecule has 0 spiro atoms. The third-order valence-corrected chi connectivity index (χ3v) is 3.41. The summed E-state index contributed by atoms with van der Waals surface area (Å²) in [5.41, 5.74) is 8.35. The average Bonchev–Trinajstić information content (AvgIpc) is 2.54. The van der Waals surface area contributed by atoms with E-state index in [1.54, 1.807) is 18.3 Å². The number of nitrogens with two attached hydrogens (primary N) is 1. The van der Waals surface area contributed by atoms with E-state index in [2.05, 4.69) is 4.98 Å². The number of carbonyl (C=O) groups is 1. The molecule has 0 amide bonds. The van der Waals surface area contributed by atoms with Gasteiger partial charge in [-0.2, -0.15) is 0 Å². The van der Waals surface area contributed by atoms with Crippen LogP contribution in [0.25, 0.3) is 21.9 Å². The maximum atomic E-state index is 11.6. The van der Waals surface area contributed by atoms with Gasteiger partial charge in [-0.3, -0.25) is 0 Å². The summed E-state index contributed by atoms with van der Waals surface area (Å²) in [6, 6.07) is 15.2. The number of nitrogen functional groups attached to an aromatic ring is 1. The molecule has 3 aromatic rings. The number of ether oxygens (including phenoxy) is 1. The normalized spacial score (nSPS) is 10.5. The van der Waals surface area contributed by atoms with Gasteiger partial charge >= 0.3 is 5.97 Å². The lowest BCUT2D eigenvalue weighted by molar-refractivity contribution is 0.0601. The molecular weight excluding hydrogens is 264 g/mol. The molecule has 0 radical (unpaired) electrons. The summed E-state index contributed by atoms with van der Waals surface area (Å²) in [6.07, 6.45) is 1.69. The van der Waals surface area contributed by atoms with E-state index in [1.165, 1.54) is 7.11 Å². The summed E-state index contributed by atoms with van der Waals surface area (Å²) in [5.74, 6) is 0.150. The standard InChI is InChI=1S/C17H14N2O2/c1-21-17(20)14-4-2-3-12(9-14)13-6-5-11-7-8-19-16(18)15(11)10-13/h2-10H,1H3,(H2,18,19). The van der Waals surface area contributed by atoms with Crippen molar-refractivity contribution in [3.8, 4) is 11.1 Å². The largest absolute Gasteiger partial charge is 0.465 e. The maximum absolute atomic E-state index is 11.6. The fraction of sp³-hybridized carbons (Fsp3) is 0.0588. The van der Waals surface area contributed by atoms with Gasteiger partial charge in [0.05, 0.1) is 12.7 Å². The van der Waals surface area contributed by atoms with Crippen LogP contribution < -0.4 is 5.73 Å². The van der Waals surface area contributed by atoms with E-state index in [1.807, 2.05) is 36.4 Å². The van der Waals surface area contributed by atoms with Crippen LogP contribution in [0.2, 0.25) is 0 Å². The minimum Gasteiger partial charge on any atom is -0.465 e. The third-order valence-electron chi connectivity index (χ3n) is 3.41. The predicted octanol–water partition coefficient (Wildman–Crippen LogP) is 3.27. The van der Waals surface area contributed by atoms with Gasteiger partial charge in [-0.15, -0.1) is 0 Å². The highest BCUT2D eigenvalue weighted by atomic mass is 16.5. The molecule has 1 aromatic heterocycles. The van der Waals surface area contributed by atoms with Crippen molar-refractivity contribution in [2.75, 3.05) is 12.8 Å². The number of methoxy groups -OCH3 is 1. The molecule has 0 saturated carbocycles. The van der Waals surface area contributed by atoms with Crippen LogP contribution in [0, 0.1) is 0 Å². The smallest absolute Gasteiger partial charge is 0.337 e. The van der Waals surface area contributed by atoms with Crippen molar-refractivity contribution < 1.29 is 9.53 Å². The summed E-state index contributed by atoms with van der Waals surface area (Å²) in [6.45, 7) is 0. The molecule has 0 aliphatic rings. The Kier molecular flexibility index (Phi) is 3.28. The molecule has 1 heterocycles. The molecule has 3 rings (SSSR count). The second kappa shape index (κ2) is 5.25. The highest BCUT2D eigenvalue weighted by Crippen LogP contribution is 2.27. The van der Waals surface area contributed by atoms with E-state index in [0.29, 0.717) is 11.4 Å². The van der Waals surface area contributed by atoms with Crippen LogP contribution in [0.15, 0.2) is 54.7 Å². The van der Waals surface area contributed by atoms with Crippen LogP contribution in [-0.2, 0) is 4.74 Å². The zero-order valence-electron chi connectivity index (χ0n) is 11.5. The van der Waals surface area contributed by atoms with E-state index < -0.39 is 0 Å². The zero-order valence-corrected chi connectivity index (χ0v) is 11.5. The molecule has 4 nitrogen and oxygen atoms in total. The van der Waals surface area contributed by atoms with Gasteiger partial charge in [-0.1, -0.05) is 24.3 Å². The summed E-state index contributed by atoms with van der Waals surface area (Å²) in [4.78, 5) is 15.7. The van der Waals surface area contributed by atoms with Crippen molar-refractivity contribution in [1.82, 2.24) is 4.98 Å². The summed E-state index contributed by atoms with van der Waals surface area (Å²) < 4.78 is 4.75. The lowest BCUT2D eigenvalue weighted by Crippen LogP contribution is -2.00. The molecule has 0 unspecified atom stereocenters. The summed E-state index contributed by atoms with van der Waals surface area (Å²) in [7, 11) is 1.37. The van der Waals surface area contributed by atoms with Crippen molar-refractivity contribution in [3.05, 3.63) is 60.3 Å². The van der Waals surface area contributed by atoms with Gasteiger partial charge < -0.3 is 10.5 Å². The molecule has 2 aromatic carbocycles. The minimum absolute atomic E-state index is 0.348. The number of nitrogens with zero attached hydrogens (tertiary/aromatic N) is 1. The van der Waals surface area contributed by atoms with Crippen LogP contribution in [-0.4, -0.2) is 18.1 Å². The average molecular weight is 278 g/mol. The maximum Gasteiger partial charge on any atom is 0.337 e. The third kappa shape index (κ3) is 2.43. The second-order valence-corrected chi connectivity index (χ2v) is 4.70. The summed E-state index contributed by atoms with van der Waals surface area (Å²) in [5, 5.41) is 1.94. The number of pyridine rings is 1. The first-order valence-electron chi connectivity index (χ1n) is 6.52. The first-order valence-corrected chi connectivity index (χ1v) is 6.52. The van der Waals surface area contributed by atoms with E-state index in [9.17, 15) is 4.79 Å². The first kappa shape index (κ1) is 13.1. The number of carbonyl (C=O) groups excluding carboxylic acids is 1. The summed E-state index contributed by atoms with van der Waals surface area (Å²) >= 11 is 0. The van der Waals surface area contributed by atoms with Crippen LogP contribution in [0.3, 0.4) is 0 Å². The lowest BCUT2D eigenvalue weighted by atomic mass is 10.0. The number of fused-ring (bicyclic) bond motifs is 1. The Balaban J connectivity index is 2.12. The molecule has 4 heteroatoms.